The van der Waals surface area contributed by atoms with E-state index < -0.39 is 17.7 Å². The van der Waals surface area contributed by atoms with Crippen LogP contribution in [-0.2, 0) is 9.53 Å². The zero-order chi connectivity index (χ0) is 22.1. The molecule has 1 atom stereocenters. The van der Waals surface area contributed by atoms with E-state index in [-0.39, 0.29) is 11.7 Å². The Morgan fingerprint density at radius 2 is 1.90 bits per heavy atom. The number of amides is 2. The number of alkyl carbamates (subject to hydrolysis) is 1. The van der Waals surface area contributed by atoms with Gasteiger partial charge in [0.05, 0.1) is 10.2 Å². The maximum Gasteiger partial charge on any atom is 0.408 e. The molecule has 0 bridgehead atoms. The lowest BCUT2D eigenvalue weighted by Crippen LogP contribution is -2.44. The Kier molecular flexibility index (Phi) is 6.07. The number of carbonyl (C=O) groups is 2. The van der Waals surface area contributed by atoms with Crippen molar-refractivity contribution in [2.24, 2.45) is 0 Å². The SMILES string of the molecule is Cc1cc(-c2nc3ccc(F)cc3s2)ccc1NC(=O)[C@H](C)NC(=O)OC(C)(C)C. The molecule has 30 heavy (non-hydrogen) atoms. The topological polar surface area (TPSA) is 80.3 Å². The molecule has 0 aliphatic carbocycles. The smallest absolute Gasteiger partial charge is 0.408 e. The molecule has 1 heterocycles. The van der Waals surface area contributed by atoms with E-state index in [0.29, 0.717) is 5.69 Å². The highest BCUT2D eigenvalue weighted by Crippen LogP contribution is 2.32. The van der Waals surface area contributed by atoms with Gasteiger partial charge in [-0.05, 0) is 76.6 Å². The Labute approximate surface area is 178 Å². The van der Waals surface area contributed by atoms with E-state index in [1.165, 1.54) is 23.5 Å². The van der Waals surface area contributed by atoms with Gasteiger partial charge in [-0.1, -0.05) is 0 Å². The predicted octanol–water partition coefficient (Wildman–Crippen LogP) is 5.26. The number of rotatable bonds is 4. The zero-order valence-corrected chi connectivity index (χ0v) is 18.3. The van der Waals surface area contributed by atoms with E-state index >= 15 is 0 Å². The van der Waals surface area contributed by atoms with Gasteiger partial charge in [-0.25, -0.2) is 14.2 Å². The summed E-state index contributed by atoms with van der Waals surface area (Å²) in [6.07, 6.45) is -0.649. The van der Waals surface area contributed by atoms with Crippen molar-refractivity contribution in [2.75, 3.05) is 5.32 Å². The maximum atomic E-state index is 13.4. The van der Waals surface area contributed by atoms with Crippen LogP contribution >= 0.6 is 11.3 Å². The standard InChI is InChI=1S/C22H24FN3O3S/c1-12-10-14(20-26-17-9-7-15(23)11-18(17)30-20)6-8-16(12)25-19(27)13(2)24-21(28)29-22(3,4)5/h6-11,13H,1-5H3,(H,24,28)(H,25,27)/t13-/m0/s1. The van der Waals surface area contributed by atoms with E-state index in [1.807, 2.05) is 19.1 Å². The highest BCUT2D eigenvalue weighted by molar-refractivity contribution is 7.21. The Morgan fingerprint density at radius 1 is 1.17 bits per heavy atom. The summed E-state index contributed by atoms with van der Waals surface area (Å²) in [5.41, 5.74) is 2.46. The first-order valence-electron chi connectivity index (χ1n) is 9.49. The van der Waals surface area contributed by atoms with Crippen LogP contribution in [0.2, 0.25) is 0 Å². The van der Waals surface area contributed by atoms with Crippen LogP contribution in [0, 0.1) is 12.7 Å². The molecule has 2 aromatic carbocycles. The number of aromatic nitrogens is 1. The van der Waals surface area contributed by atoms with E-state index in [1.54, 1.807) is 39.8 Å². The van der Waals surface area contributed by atoms with E-state index in [4.69, 9.17) is 4.74 Å². The third kappa shape index (κ3) is 5.33. The number of thiazole rings is 1. The number of hydrogen-bond donors (Lipinski definition) is 2. The fourth-order valence-corrected chi connectivity index (χ4v) is 3.74. The number of nitrogens with one attached hydrogen (secondary N) is 2. The summed E-state index contributed by atoms with van der Waals surface area (Å²) in [5.74, 6) is -0.645. The number of nitrogens with zero attached hydrogens (tertiary/aromatic N) is 1. The third-order valence-corrected chi connectivity index (χ3v) is 5.28. The molecule has 3 rings (SSSR count). The van der Waals surface area contributed by atoms with Crippen LogP contribution in [-0.4, -0.2) is 28.6 Å². The minimum atomic E-state index is -0.766. The van der Waals surface area contributed by atoms with Crippen molar-refractivity contribution < 1.29 is 18.7 Å². The maximum absolute atomic E-state index is 13.4. The van der Waals surface area contributed by atoms with Gasteiger partial charge in [0, 0.05) is 11.3 Å². The average Bonchev–Trinajstić information content (AvgIpc) is 3.04. The monoisotopic (exact) mass is 429 g/mol. The second-order valence-corrected chi connectivity index (χ2v) is 9.05. The number of aryl methyl sites for hydroxylation is 1. The summed E-state index contributed by atoms with van der Waals surface area (Å²) in [7, 11) is 0. The summed E-state index contributed by atoms with van der Waals surface area (Å²) in [4.78, 5) is 28.8. The van der Waals surface area contributed by atoms with Crippen LogP contribution in [0.1, 0.15) is 33.3 Å². The predicted molar refractivity (Wildman–Crippen MR) is 117 cm³/mol. The summed E-state index contributed by atoms with van der Waals surface area (Å²) in [6, 6.07) is 9.30. The summed E-state index contributed by atoms with van der Waals surface area (Å²) < 4.78 is 19.4. The Morgan fingerprint density at radius 3 is 2.57 bits per heavy atom. The van der Waals surface area contributed by atoms with Crippen molar-refractivity contribution >= 4 is 39.2 Å². The lowest BCUT2D eigenvalue weighted by Gasteiger charge is -2.22. The van der Waals surface area contributed by atoms with E-state index in [9.17, 15) is 14.0 Å². The van der Waals surface area contributed by atoms with Crippen molar-refractivity contribution in [3.05, 3.63) is 47.8 Å². The highest BCUT2D eigenvalue weighted by atomic mass is 32.1. The third-order valence-electron chi connectivity index (χ3n) is 4.21. The molecule has 0 aliphatic heterocycles. The van der Waals surface area contributed by atoms with Crippen molar-refractivity contribution in [1.29, 1.82) is 0 Å². The number of hydrogen-bond acceptors (Lipinski definition) is 5. The van der Waals surface area contributed by atoms with E-state index in [2.05, 4.69) is 15.6 Å². The van der Waals surface area contributed by atoms with Gasteiger partial charge in [-0.3, -0.25) is 4.79 Å². The Balaban J connectivity index is 1.70. The summed E-state index contributed by atoms with van der Waals surface area (Å²) >= 11 is 1.41. The van der Waals surface area contributed by atoms with Crippen LogP contribution in [0.15, 0.2) is 36.4 Å². The van der Waals surface area contributed by atoms with Crippen LogP contribution in [0.5, 0.6) is 0 Å². The van der Waals surface area contributed by atoms with Crippen LogP contribution in [0.4, 0.5) is 14.9 Å². The molecular weight excluding hydrogens is 405 g/mol. The average molecular weight is 430 g/mol. The molecule has 0 unspecified atom stereocenters. The largest absolute Gasteiger partial charge is 0.444 e. The molecule has 1 aromatic heterocycles. The number of halogens is 1. The van der Waals surface area contributed by atoms with Crippen molar-refractivity contribution in [3.8, 4) is 10.6 Å². The minimum Gasteiger partial charge on any atom is -0.444 e. The number of ether oxygens (including phenoxy) is 1. The minimum absolute atomic E-state index is 0.291. The van der Waals surface area contributed by atoms with Crippen LogP contribution in [0.3, 0.4) is 0 Å². The molecule has 0 fully saturated rings. The second kappa shape index (κ2) is 8.39. The molecule has 2 amide bonds. The number of fused-ring (bicyclic) bond motifs is 1. The Bertz CT molecular complexity index is 1100. The van der Waals surface area contributed by atoms with E-state index in [0.717, 1.165) is 26.4 Å². The first kappa shape index (κ1) is 21.7. The lowest BCUT2D eigenvalue weighted by atomic mass is 10.1. The molecule has 8 heteroatoms. The summed E-state index contributed by atoms with van der Waals surface area (Å²) in [5, 5.41) is 6.11. The molecule has 158 valence electrons. The lowest BCUT2D eigenvalue weighted by molar-refractivity contribution is -0.117. The number of anilines is 1. The van der Waals surface area contributed by atoms with Gasteiger partial charge in [0.2, 0.25) is 5.91 Å². The van der Waals surface area contributed by atoms with Gasteiger partial charge in [-0.2, -0.15) is 0 Å². The van der Waals surface area contributed by atoms with Crippen molar-refractivity contribution in [1.82, 2.24) is 10.3 Å². The van der Waals surface area contributed by atoms with Crippen molar-refractivity contribution in [3.63, 3.8) is 0 Å². The van der Waals surface area contributed by atoms with Gasteiger partial charge in [0.1, 0.15) is 22.5 Å². The molecule has 0 spiro atoms. The van der Waals surface area contributed by atoms with Gasteiger partial charge in [-0.15, -0.1) is 11.3 Å². The molecule has 0 saturated heterocycles. The molecular formula is C22H24FN3O3S. The normalized spacial score (nSPS) is 12.5. The molecule has 0 saturated carbocycles. The summed E-state index contributed by atoms with van der Waals surface area (Å²) in [6.45, 7) is 8.72. The molecule has 0 aliphatic rings. The van der Waals surface area contributed by atoms with Crippen LogP contribution < -0.4 is 10.6 Å². The van der Waals surface area contributed by atoms with Crippen molar-refractivity contribution in [2.45, 2.75) is 46.3 Å². The first-order chi connectivity index (χ1) is 14.0. The zero-order valence-electron chi connectivity index (χ0n) is 17.5. The number of carbonyl (C=O) groups excluding carboxylic acids is 2. The van der Waals surface area contributed by atoms with Gasteiger partial charge < -0.3 is 15.4 Å². The van der Waals surface area contributed by atoms with Gasteiger partial charge in [0.25, 0.3) is 0 Å². The second-order valence-electron chi connectivity index (χ2n) is 8.02. The molecule has 3 aromatic rings. The fraction of sp³-hybridized carbons (Fsp3) is 0.318. The fourth-order valence-electron chi connectivity index (χ4n) is 2.75. The molecule has 0 radical (unpaired) electrons. The Hall–Kier alpha value is -3.00. The molecule has 6 nitrogen and oxygen atoms in total. The number of benzene rings is 2. The van der Waals surface area contributed by atoms with Gasteiger partial charge >= 0.3 is 6.09 Å². The van der Waals surface area contributed by atoms with Crippen LogP contribution in [0.25, 0.3) is 20.8 Å². The van der Waals surface area contributed by atoms with Gasteiger partial charge in [0.15, 0.2) is 0 Å². The first-order valence-corrected chi connectivity index (χ1v) is 10.3. The molecule has 2 N–H and O–H groups in total. The highest BCUT2D eigenvalue weighted by Gasteiger charge is 2.21. The quantitative estimate of drug-likeness (QED) is 0.593.